The second-order valence-corrected chi connectivity index (χ2v) is 4.45. The molecule has 0 amide bonds. The SMILES string of the molecule is CN(C)CCOc1cc(CO)c2ccccc2n1. The Balaban J connectivity index is 2.24. The van der Waals surface area contributed by atoms with Gasteiger partial charge in [-0.1, -0.05) is 18.2 Å². The van der Waals surface area contributed by atoms with Crippen molar-refractivity contribution in [1.82, 2.24) is 9.88 Å². The minimum absolute atomic E-state index is 0.00687. The van der Waals surface area contributed by atoms with Gasteiger partial charge in [0.15, 0.2) is 0 Å². The highest BCUT2D eigenvalue weighted by Crippen LogP contribution is 2.21. The number of likely N-dealkylation sites (N-methyl/N-ethyl adjacent to an activating group) is 1. The topological polar surface area (TPSA) is 45.6 Å². The molecule has 1 heterocycles. The fourth-order valence-corrected chi connectivity index (χ4v) is 1.76. The highest BCUT2D eigenvalue weighted by atomic mass is 16.5. The Morgan fingerprint density at radius 2 is 2.06 bits per heavy atom. The average Bonchev–Trinajstić information content (AvgIpc) is 2.37. The lowest BCUT2D eigenvalue weighted by Crippen LogP contribution is -2.19. The molecule has 0 saturated carbocycles. The summed E-state index contributed by atoms with van der Waals surface area (Å²) in [5.74, 6) is 0.569. The van der Waals surface area contributed by atoms with Crippen molar-refractivity contribution in [2.45, 2.75) is 6.61 Å². The van der Waals surface area contributed by atoms with Crippen LogP contribution in [0.25, 0.3) is 10.9 Å². The number of fused-ring (bicyclic) bond motifs is 1. The van der Waals surface area contributed by atoms with E-state index in [1.54, 1.807) is 6.07 Å². The van der Waals surface area contributed by atoms with Gasteiger partial charge in [-0.2, -0.15) is 0 Å². The highest BCUT2D eigenvalue weighted by molar-refractivity contribution is 5.82. The van der Waals surface area contributed by atoms with Crippen molar-refractivity contribution in [3.63, 3.8) is 0 Å². The Morgan fingerprint density at radius 1 is 1.28 bits per heavy atom. The Bertz CT molecular complexity index is 526. The number of ether oxygens (including phenoxy) is 1. The van der Waals surface area contributed by atoms with Crippen LogP contribution < -0.4 is 4.74 Å². The van der Waals surface area contributed by atoms with E-state index >= 15 is 0 Å². The smallest absolute Gasteiger partial charge is 0.214 e. The van der Waals surface area contributed by atoms with Crippen molar-refractivity contribution >= 4 is 10.9 Å². The van der Waals surface area contributed by atoms with E-state index < -0.39 is 0 Å². The normalized spacial score (nSPS) is 11.1. The monoisotopic (exact) mass is 246 g/mol. The van der Waals surface area contributed by atoms with E-state index in [0.29, 0.717) is 12.5 Å². The van der Waals surface area contributed by atoms with Crippen LogP contribution in [0.5, 0.6) is 5.88 Å². The molecule has 1 aromatic heterocycles. The molecule has 2 rings (SSSR count). The Hall–Kier alpha value is -1.65. The summed E-state index contributed by atoms with van der Waals surface area (Å²) in [5, 5.41) is 10.4. The number of pyridine rings is 1. The summed E-state index contributed by atoms with van der Waals surface area (Å²) in [6, 6.07) is 9.55. The summed E-state index contributed by atoms with van der Waals surface area (Å²) in [4.78, 5) is 6.48. The molecule has 0 aliphatic rings. The zero-order chi connectivity index (χ0) is 13.0. The maximum atomic E-state index is 9.38. The molecule has 0 unspecified atom stereocenters. The second-order valence-electron chi connectivity index (χ2n) is 4.45. The molecular formula is C14H18N2O2. The molecule has 0 bridgehead atoms. The number of rotatable bonds is 5. The molecule has 0 fully saturated rings. The number of nitrogens with zero attached hydrogens (tertiary/aromatic N) is 2. The molecule has 96 valence electrons. The Labute approximate surface area is 107 Å². The van der Waals surface area contributed by atoms with Gasteiger partial charge in [0.2, 0.25) is 5.88 Å². The summed E-state index contributed by atoms with van der Waals surface area (Å²) in [5.41, 5.74) is 1.70. The number of aliphatic hydroxyl groups excluding tert-OH is 1. The zero-order valence-electron chi connectivity index (χ0n) is 10.8. The lowest BCUT2D eigenvalue weighted by molar-refractivity contribution is 0.252. The number of hydrogen-bond acceptors (Lipinski definition) is 4. The average molecular weight is 246 g/mol. The van der Waals surface area contributed by atoms with Crippen LogP contribution in [0.3, 0.4) is 0 Å². The molecule has 1 aromatic carbocycles. The van der Waals surface area contributed by atoms with Gasteiger partial charge in [-0.05, 0) is 25.7 Å². The predicted octanol–water partition coefficient (Wildman–Crippen LogP) is 1.67. The first kappa shape index (κ1) is 12.8. The standard InChI is InChI=1S/C14H18N2O2/c1-16(2)7-8-18-14-9-11(10-17)12-5-3-4-6-13(12)15-14/h3-6,9,17H,7-8,10H2,1-2H3. The predicted molar refractivity (Wildman–Crippen MR) is 71.7 cm³/mol. The summed E-state index contributed by atoms with van der Waals surface area (Å²) in [6.07, 6.45) is 0. The van der Waals surface area contributed by atoms with Crippen LogP contribution in [0.2, 0.25) is 0 Å². The second kappa shape index (κ2) is 5.80. The lowest BCUT2D eigenvalue weighted by atomic mass is 10.1. The minimum atomic E-state index is -0.00687. The highest BCUT2D eigenvalue weighted by Gasteiger charge is 2.05. The summed E-state index contributed by atoms with van der Waals surface area (Å²) in [7, 11) is 3.99. The molecular weight excluding hydrogens is 228 g/mol. The third-order valence-electron chi connectivity index (χ3n) is 2.74. The summed E-state index contributed by atoms with van der Waals surface area (Å²) in [6.45, 7) is 1.42. The fraction of sp³-hybridized carbons (Fsp3) is 0.357. The van der Waals surface area contributed by atoms with Gasteiger partial charge in [0.05, 0.1) is 12.1 Å². The van der Waals surface area contributed by atoms with Crippen molar-refractivity contribution < 1.29 is 9.84 Å². The van der Waals surface area contributed by atoms with Crippen molar-refractivity contribution in [3.8, 4) is 5.88 Å². The Morgan fingerprint density at radius 3 is 2.78 bits per heavy atom. The lowest BCUT2D eigenvalue weighted by Gasteiger charge is -2.12. The molecule has 2 aromatic rings. The van der Waals surface area contributed by atoms with Crippen molar-refractivity contribution in [2.75, 3.05) is 27.2 Å². The van der Waals surface area contributed by atoms with E-state index in [1.807, 2.05) is 43.3 Å². The van der Waals surface area contributed by atoms with E-state index in [4.69, 9.17) is 4.74 Å². The number of aromatic nitrogens is 1. The molecule has 0 aliphatic carbocycles. The maximum absolute atomic E-state index is 9.38. The van der Waals surface area contributed by atoms with Crippen LogP contribution in [-0.4, -0.2) is 42.2 Å². The van der Waals surface area contributed by atoms with E-state index in [-0.39, 0.29) is 6.61 Å². The van der Waals surface area contributed by atoms with Crippen LogP contribution in [0, 0.1) is 0 Å². The first-order chi connectivity index (χ1) is 8.70. The van der Waals surface area contributed by atoms with Gasteiger partial charge in [0, 0.05) is 18.0 Å². The van der Waals surface area contributed by atoms with E-state index in [9.17, 15) is 5.11 Å². The van der Waals surface area contributed by atoms with Gasteiger partial charge in [-0.25, -0.2) is 4.98 Å². The third-order valence-corrected chi connectivity index (χ3v) is 2.74. The molecule has 4 nitrogen and oxygen atoms in total. The summed E-state index contributed by atoms with van der Waals surface area (Å²) >= 11 is 0. The molecule has 4 heteroatoms. The van der Waals surface area contributed by atoms with Gasteiger partial charge in [0.25, 0.3) is 0 Å². The molecule has 1 N–H and O–H groups in total. The maximum Gasteiger partial charge on any atom is 0.214 e. The van der Waals surface area contributed by atoms with Crippen LogP contribution in [0.15, 0.2) is 30.3 Å². The molecule has 0 saturated heterocycles. The first-order valence-electron chi connectivity index (χ1n) is 5.98. The van der Waals surface area contributed by atoms with Gasteiger partial charge in [-0.3, -0.25) is 0 Å². The quantitative estimate of drug-likeness (QED) is 0.871. The first-order valence-corrected chi connectivity index (χ1v) is 5.98. The third kappa shape index (κ3) is 2.97. The number of benzene rings is 1. The molecule has 0 atom stereocenters. The van der Waals surface area contributed by atoms with Crippen molar-refractivity contribution in [1.29, 1.82) is 0 Å². The zero-order valence-corrected chi connectivity index (χ0v) is 10.8. The molecule has 18 heavy (non-hydrogen) atoms. The molecule has 0 aliphatic heterocycles. The van der Waals surface area contributed by atoms with Crippen LogP contribution in [0.4, 0.5) is 0 Å². The van der Waals surface area contributed by atoms with Crippen molar-refractivity contribution in [3.05, 3.63) is 35.9 Å². The fourth-order valence-electron chi connectivity index (χ4n) is 1.76. The van der Waals surface area contributed by atoms with E-state index in [0.717, 1.165) is 23.0 Å². The van der Waals surface area contributed by atoms with Crippen molar-refractivity contribution in [2.24, 2.45) is 0 Å². The minimum Gasteiger partial charge on any atom is -0.476 e. The van der Waals surface area contributed by atoms with Gasteiger partial charge in [-0.15, -0.1) is 0 Å². The van der Waals surface area contributed by atoms with Gasteiger partial charge < -0.3 is 14.7 Å². The number of hydrogen-bond donors (Lipinski definition) is 1. The van der Waals surface area contributed by atoms with E-state index in [1.165, 1.54) is 0 Å². The molecule has 0 spiro atoms. The number of aliphatic hydroxyl groups is 1. The Kier molecular flexibility index (Phi) is 4.12. The summed E-state index contributed by atoms with van der Waals surface area (Å²) < 4.78 is 5.60. The number of para-hydroxylation sites is 1. The largest absolute Gasteiger partial charge is 0.476 e. The van der Waals surface area contributed by atoms with Gasteiger partial charge in [0.1, 0.15) is 6.61 Å². The van der Waals surface area contributed by atoms with Gasteiger partial charge >= 0.3 is 0 Å². The van der Waals surface area contributed by atoms with Crippen LogP contribution >= 0.6 is 0 Å². The molecule has 0 radical (unpaired) electrons. The van der Waals surface area contributed by atoms with Crippen LogP contribution in [-0.2, 0) is 6.61 Å². The van der Waals surface area contributed by atoms with E-state index in [2.05, 4.69) is 4.98 Å². The van der Waals surface area contributed by atoms with Crippen LogP contribution in [0.1, 0.15) is 5.56 Å².